The normalized spacial score (nSPS) is 9.86. The summed E-state index contributed by atoms with van der Waals surface area (Å²) in [7, 11) is 0. The number of thiazole rings is 1. The first-order valence-corrected chi connectivity index (χ1v) is 4.86. The average molecular weight is 214 g/mol. The Bertz CT molecular complexity index is 373. The summed E-state index contributed by atoms with van der Waals surface area (Å²) < 4.78 is 0. The molecule has 0 aliphatic rings. The van der Waals surface area contributed by atoms with Gasteiger partial charge in [0, 0.05) is 6.92 Å². The molecule has 1 heterocycles. The average Bonchev–Trinajstić information content (AvgIpc) is 2.46. The van der Waals surface area contributed by atoms with Gasteiger partial charge in [0.2, 0.25) is 5.91 Å². The maximum Gasteiger partial charge on any atom is 0.347 e. The van der Waals surface area contributed by atoms with Gasteiger partial charge in [0.1, 0.15) is 4.88 Å². The third kappa shape index (κ3) is 2.29. The van der Waals surface area contributed by atoms with Crippen molar-refractivity contribution in [2.24, 2.45) is 0 Å². The second-order valence-electron chi connectivity index (χ2n) is 2.63. The second-order valence-corrected chi connectivity index (χ2v) is 3.63. The number of aromatic carboxylic acids is 1. The van der Waals surface area contributed by atoms with Gasteiger partial charge >= 0.3 is 5.97 Å². The van der Waals surface area contributed by atoms with Crippen LogP contribution in [0.15, 0.2) is 0 Å². The van der Waals surface area contributed by atoms with Crippen LogP contribution in [-0.4, -0.2) is 22.0 Å². The van der Waals surface area contributed by atoms with E-state index in [1.54, 1.807) is 0 Å². The number of amides is 1. The Labute approximate surface area is 84.8 Å². The van der Waals surface area contributed by atoms with Gasteiger partial charge in [-0.05, 0) is 6.42 Å². The molecular formula is C8H10N2O3S. The fourth-order valence-electron chi connectivity index (χ4n) is 0.963. The molecule has 0 spiro atoms. The zero-order valence-electron chi connectivity index (χ0n) is 7.83. The van der Waals surface area contributed by atoms with Crippen LogP contribution in [0.3, 0.4) is 0 Å². The summed E-state index contributed by atoms with van der Waals surface area (Å²) in [6, 6.07) is 0. The van der Waals surface area contributed by atoms with Gasteiger partial charge < -0.3 is 10.4 Å². The van der Waals surface area contributed by atoms with Crippen molar-refractivity contribution in [3.05, 3.63) is 10.6 Å². The molecule has 1 aromatic rings. The van der Waals surface area contributed by atoms with E-state index in [2.05, 4.69) is 10.3 Å². The minimum absolute atomic E-state index is 0.191. The fraction of sp³-hybridized carbons (Fsp3) is 0.375. The third-order valence-corrected chi connectivity index (χ3v) is 2.51. The summed E-state index contributed by atoms with van der Waals surface area (Å²) in [4.78, 5) is 25.6. The number of carbonyl (C=O) groups excluding carboxylic acids is 1. The summed E-state index contributed by atoms with van der Waals surface area (Å²) in [5, 5.41) is 11.6. The van der Waals surface area contributed by atoms with E-state index in [1.807, 2.05) is 6.92 Å². The van der Waals surface area contributed by atoms with Crippen LogP contribution in [0, 0.1) is 0 Å². The van der Waals surface area contributed by atoms with Crippen LogP contribution in [0.4, 0.5) is 5.13 Å². The van der Waals surface area contributed by atoms with Crippen molar-refractivity contribution < 1.29 is 14.7 Å². The topological polar surface area (TPSA) is 79.3 Å². The van der Waals surface area contributed by atoms with Crippen molar-refractivity contribution in [3.8, 4) is 0 Å². The molecule has 0 aliphatic heterocycles. The Morgan fingerprint density at radius 1 is 1.57 bits per heavy atom. The molecule has 2 N–H and O–H groups in total. The number of nitrogens with one attached hydrogen (secondary N) is 1. The van der Waals surface area contributed by atoms with Crippen LogP contribution in [0.1, 0.15) is 29.2 Å². The van der Waals surface area contributed by atoms with Gasteiger partial charge in [0.05, 0.1) is 5.69 Å². The highest BCUT2D eigenvalue weighted by Gasteiger charge is 2.15. The van der Waals surface area contributed by atoms with E-state index in [0.717, 1.165) is 11.3 Å². The number of anilines is 1. The number of carbonyl (C=O) groups is 2. The maximum absolute atomic E-state index is 10.7. The first-order valence-electron chi connectivity index (χ1n) is 4.05. The monoisotopic (exact) mass is 214 g/mol. The van der Waals surface area contributed by atoms with E-state index in [4.69, 9.17) is 5.11 Å². The number of hydrogen-bond acceptors (Lipinski definition) is 4. The Hall–Kier alpha value is -1.43. The van der Waals surface area contributed by atoms with Crippen molar-refractivity contribution in [3.63, 3.8) is 0 Å². The molecule has 1 amide bonds. The molecule has 5 nitrogen and oxygen atoms in total. The summed E-state index contributed by atoms with van der Waals surface area (Å²) in [6.07, 6.45) is 0.539. The quantitative estimate of drug-likeness (QED) is 0.796. The van der Waals surface area contributed by atoms with Crippen LogP contribution in [-0.2, 0) is 11.2 Å². The van der Waals surface area contributed by atoms with Crippen molar-refractivity contribution in [2.45, 2.75) is 20.3 Å². The SMILES string of the molecule is CCc1nc(NC(C)=O)sc1C(=O)O. The number of nitrogens with zero attached hydrogens (tertiary/aromatic N) is 1. The smallest absolute Gasteiger partial charge is 0.347 e. The molecule has 0 fully saturated rings. The minimum Gasteiger partial charge on any atom is -0.477 e. The Morgan fingerprint density at radius 3 is 2.57 bits per heavy atom. The molecule has 0 aromatic carbocycles. The summed E-state index contributed by atoms with van der Waals surface area (Å²) >= 11 is 0.978. The van der Waals surface area contributed by atoms with Crippen molar-refractivity contribution >= 4 is 28.3 Å². The summed E-state index contributed by atoms with van der Waals surface area (Å²) in [6.45, 7) is 3.17. The van der Waals surface area contributed by atoms with Crippen LogP contribution < -0.4 is 5.32 Å². The Morgan fingerprint density at radius 2 is 2.21 bits per heavy atom. The maximum atomic E-state index is 10.7. The van der Waals surface area contributed by atoms with Crippen molar-refractivity contribution in [1.29, 1.82) is 0 Å². The standard InChI is InChI=1S/C8H10N2O3S/c1-3-5-6(7(12)13)14-8(10-5)9-4(2)11/h3H2,1-2H3,(H,12,13)(H,9,10,11). The molecule has 14 heavy (non-hydrogen) atoms. The lowest BCUT2D eigenvalue weighted by atomic mass is 10.3. The van der Waals surface area contributed by atoms with Crippen LogP contribution in [0.5, 0.6) is 0 Å². The number of carboxylic acid groups (broad SMARTS) is 1. The van der Waals surface area contributed by atoms with Crippen molar-refractivity contribution in [1.82, 2.24) is 4.98 Å². The molecule has 0 saturated carbocycles. The van der Waals surface area contributed by atoms with E-state index >= 15 is 0 Å². The van der Waals surface area contributed by atoms with Crippen LogP contribution >= 0.6 is 11.3 Å². The number of carboxylic acids is 1. The highest BCUT2D eigenvalue weighted by Crippen LogP contribution is 2.23. The molecule has 0 bridgehead atoms. The molecule has 0 radical (unpaired) electrons. The van der Waals surface area contributed by atoms with Gasteiger partial charge in [-0.3, -0.25) is 4.79 Å². The van der Waals surface area contributed by atoms with Gasteiger partial charge in [-0.1, -0.05) is 18.3 Å². The molecule has 0 atom stereocenters. The summed E-state index contributed by atoms with van der Waals surface area (Å²) in [5.41, 5.74) is 0.506. The Kier molecular flexibility index (Phi) is 3.19. The molecule has 1 rings (SSSR count). The van der Waals surface area contributed by atoms with Crippen LogP contribution in [0.25, 0.3) is 0 Å². The van der Waals surface area contributed by atoms with Gasteiger partial charge in [-0.25, -0.2) is 9.78 Å². The minimum atomic E-state index is -1.00. The number of rotatable bonds is 3. The number of aromatic nitrogens is 1. The molecule has 0 unspecified atom stereocenters. The molecular weight excluding hydrogens is 204 g/mol. The predicted octanol–water partition coefficient (Wildman–Crippen LogP) is 1.36. The zero-order chi connectivity index (χ0) is 10.7. The summed E-state index contributed by atoms with van der Waals surface area (Å²) in [5.74, 6) is -1.26. The molecule has 1 aromatic heterocycles. The first-order chi connectivity index (χ1) is 6.54. The lowest BCUT2D eigenvalue weighted by Crippen LogP contribution is -2.05. The van der Waals surface area contributed by atoms with Gasteiger partial charge in [0.15, 0.2) is 5.13 Å². The zero-order valence-corrected chi connectivity index (χ0v) is 8.64. The first kappa shape index (κ1) is 10.6. The fourth-order valence-corrected chi connectivity index (χ4v) is 1.90. The third-order valence-electron chi connectivity index (χ3n) is 1.51. The van der Waals surface area contributed by atoms with E-state index in [0.29, 0.717) is 17.2 Å². The Balaban J connectivity index is 3.00. The lowest BCUT2D eigenvalue weighted by molar-refractivity contribution is -0.114. The predicted molar refractivity (Wildman–Crippen MR) is 52.8 cm³/mol. The highest BCUT2D eigenvalue weighted by molar-refractivity contribution is 7.17. The number of aryl methyl sites for hydroxylation is 1. The molecule has 6 heteroatoms. The second kappa shape index (κ2) is 4.19. The van der Waals surface area contributed by atoms with E-state index < -0.39 is 5.97 Å². The molecule has 0 aliphatic carbocycles. The molecule has 76 valence electrons. The van der Waals surface area contributed by atoms with Gasteiger partial charge in [-0.2, -0.15) is 0 Å². The van der Waals surface area contributed by atoms with E-state index in [9.17, 15) is 9.59 Å². The van der Waals surface area contributed by atoms with E-state index in [1.165, 1.54) is 6.92 Å². The molecule has 0 saturated heterocycles. The van der Waals surface area contributed by atoms with Crippen LogP contribution in [0.2, 0.25) is 0 Å². The van der Waals surface area contributed by atoms with E-state index in [-0.39, 0.29) is 10.8 Å². The van der Waals surface area contributed by atoms with Crippen molar-refractivity contribution in [2.75, 3.05) is 5.32 Å². The lowest BCUT2D eigenvalue weighted by Gasteiger charge is -1.92. The van der Waals surface area contributed by atoms with Gasteiger partial charge in [0.25, 0.3) is 0 Å². The van der Waals surface area contributed by atoms with Gasteiger partial charge in [-0.15, -0.1) is 0 Å². The highest BCUT2D eigenvalue weighted by atomic mass is 32.1. The largest absolute Gasteiger partial charge is 0.477 e. The number of hydrogen-bond donors (Lipinski definition) is 2.